The number of nitrogens with zero attached hydrogens (tertiary/aromatic N) is 2. The zero-order valence-corrected chi connectivity index (χ0v) is 8.63. The summed E-state index contributed by atoms with van der Waals surface area (Å²) in [5.41, 5.74) is 0.936. The lowest BCUT2D eigenvalue weighted by atomic mass is 10.5. The second kappa shape index (κ2) is 2.60. The van der Waals surface area contributed by atoms with E-state index in [1.165, 1.54) is 0 Å². The Balaban J connectivity index is 2.82. The standard InChI is InChI=1S/C7H4Br2N2/c8-5-1-2-11-4-6(9)10-7(11)3-5/h1-4H. The van der Waals surface area contributed by atoms with Gasteiger partial charge in [0.05, 0.1) is 0 Å². The van der Waals surface area contributed by atoms with Crippen molar-refractivity contribution in [3.8, 4) is 0 Å². The first kappa shape index (κ1) is 7.31. The third-order valence-corrected chi connectivity index (χ3v) is 2.27. The van der Waals surface area contributed by atoms with Crippen LogP contribution in [-0.4, -0.2) is 9.38 Å². The molecule has 0 N–H and O–H groups in total. The molecule has 0 spiro atoms. The van der Waals surface area contributed by atoms with E-state index in [4.69, 9.17) is 0 Å². The SMILES string of the molecule is Brc1ccn2cc(Br)nc2c1. The number of aromatic nitrogens is 2. The molecule has 0 bridgehead atoms. The molecule has 4 heteroatoms. The minimum atomic E-state index is 0.857. The molecule has 11 heavy (non-hydrogen) atoms. The molecule has 2 heterocycles. The van der Waals surface area contributed by atoms with Gasteiger partial charge in [-0.05, 0) is 28.1 Å². The van der Waals surface area contributed by atoms with E-state index < -0.39 is 0 Å². The third-order valence-electron chi connectivity index (χ3n) is 1.39. The third kappa shape index (κ3) is 1.32. The normalized spacial score (nSPS) is 10.7. The summed E-state index contributed by atoms with van der Waals surface area (Å²) in [6.45, 7) is 0. The Kier molecular flexibility index (Phi) is 1.73. The summed E-state index contributed by atoms with van der Waals surface area (Å²) >= 11 is 6.67. The van der Waals surface area contributed by atoms with Crippen molar-refractivity contribution < 1.29 is 0 Å². The average molecular weight is 276 g/mol. The molecule has 0 aromatic carbocycles. The summed E-state index contributed by atoms with van der Waals surface area (Å²) < 4.78 is 3.85. The molecule has 2 aromatic heterocycles. The highest BCUT2D eigenvalue weighted by Crippen LogP contribution is 2.15. The Bertz CT molecular complexity index is 394. The molecule has 0 atom stereocenters. The van der Waals surface area contributed by atoms with Gasteiger partial charge in [0, 0.05) is 16.9 Å². The zero-order chi connectivity index (χ0) is 7.84. The first-order valence-electron chi connectivity index (χ1n) is 3.05. The van der Waals surface area contributed by atoms with Gasteiger partial charge < -0.3 is 4.40 Å². The summed E-state index contributed by atoms with van der Waals surface area (Å²) in [5, 5.41) is 0. The highest BCUT2D eigenvalue weighted by molar-refractivity contribution is 9.10. The van der Waals surface area contributed by atoms with Gasteiger partial charge in [0.2, 0.25) is 0 Å². The molecule has 0 aliphatic heterocycles. The van der Waals surface area contributed by atoms with E-state index in [1.807, 2.05) is 28.9 Å². The van der Waals surface area contributed by atoms with E-state index >= 15 is 0 Å². The molecule has 0 saturated heterocycles. The molecule has 0 amide bonds. The fourth-order valence-corrected chi connectivity index (χ4v) is 1.65. The molecule has 56 valence electrons. The van der Waals surface area contributed by atoms with E-state index in [2.05, 4.69) is 36.8 Å². The van der Waals surface area contributed by atoms with Gasteiger partial charge in [0.1, 0.15) is 10.3 Å². The van der Waals surface area contributed by atoms with Crippen LogP contribution in [-0.2, 0) is 0 Å². The van der Waals surface area contributed by atoms with Gasteiger partial charge in [-0.25, -0.2) is 4.98 Å². The summed E-state index contributed by atoms with van der Waals surface area (Å²) in [5.74, 6) is 0. The van der Waals surface area contributed by atoms with Crippen molar-refractivity contribution >= 4 is 37.5 Å². The van der Waals surface area contributed by atoms with Gasteiger partial charge in [0.25, 0.3) is 0 Å². The first-order chi connectivity index (χ1) is 5.25. The van der Waals surface area contributed by atoms with Gasteiger partial charge in [-0.2, -0.15) is 0 Å². The number of pyridine rings is 1. The van der Waals surface area contributed by atoms with Crippen molar-refractivity contribution in [1.29, 1.82) is 0 Å². The minimum absolute atomic E-state index is 0.857. The summed E-state index contributed by atoms with van der Waals surface area (Å²) in [7, 11) is 0. The molecule has 2 nitrogen and oxygen atoms in total. The van der Waals surface area contributed by atoms with Crippen LogP contribution in [0.5, 0.6) is 0 Å². The van der Waals surface area contributed by atoms with Crippen molar-refractivity contribution in [3.05, 3.63) is 33.6 Å². The smallest absolute Gasteiger partial charge is 0.139 e. The van der Waals surface area contributed by atoms with E-state index in [-0.39, 0.29) is 0 Å². The maximum absolute atomic E-state index is 4.22. The number of hydrogen-bond donors (Lipinski definition) is 0. The summed E-state index contributed by atoms with van der Waals surface area (Å²) in [4.78, 5) is 4.22. The highest BCUT2D eigenvalue weighted by Gasteiger charge is 1.97. The molecule has 2 aromatic rings. The maximum atomic E-state index is 4.22. The lowest BCUT2D eigenvalue weighted by Gasteiger charge is -1.91. The fraction of sp³-hybridized carbons (Fsp3) is 0. The van der Waals surface area contributed by atoms with Gasteiger partial charge in [-0.3, -0.25) is 0 Å². The molecule has 0 aliphatic rings. The van der Waals surface area contributed by atoms with Gasteiger partial charge in [0.15, 0.2) is 0 Å². The van der Waals surface area contributed by atoms with Crippen molar-refractivity contribution in [2.45, 2.75) is 0 Å². The molecular weight excluding hydrogens is 272 g/mol. The van der Waals surface area contributed by atoms with E-state index in [1.54, 1.807) is 0 Å². The Labute approximate surface area is 80.5 Å². The van der Waals surface area contributed by atoms with E-state index in [0.717, 1.165) is 14.7 Å². The van der Waals surface area contributed by atoms with Crippen molar-refractivity contribution in [2.24, 2.45) is 0 Å². The average Bonchev–Trinajstić information content (AvgIpc) is 2.27. The number of halogens is 2. The minimum Gasteiger partial charge on any atom is -0.306 e. The number of hydrogen-bond acceptors (Lipinski definition) is 1. The summed E-state index contributed by atoms with van der Waals surface area (Å²) in [6.07, 6.45) is 3.87. The maximum Gasteiger partial charge on any atom is 0.139 e. The van der Waals surface area contributed by atoms with Gasteiger partial charge >= 0.3 is 0 Å². The van der Waals surface area contributed by atoms with Crippen molar-refractivity contribution in [2.75, 3.05) is 0 Å². The topological polar surface area (TPSA) is 17.3 Å². The van der Waals surface area contributed by atoms with E-state index in [9.17, 15) is 0 Å². The Morgan fingerprint density at radius 2 is 2.18 bits per heavy atom. The largest absolute Gasteiger partial charge is 0.306 e. The lowest BCUT2D eigenvalue weighted by molar-refractivity contribution is 1.18. The van der Waals surface area contributed by atoms with Crippen molar-refractivity contribution in [1.82, 2.24) is 9.38 Å². The molecule has 2 rings (SSSR count). The summed E-state index contributed by atoms with van der Waals surface area (Å²) in [6, 6.07) is 3.94. The van der Waals surface area contributed by atoms with Gasteiger partial charge in [-0.1, -0.05) is 15.9 Å². The molecule has 0 saturated carbocycles. The van der Waals surface area contributed by atoms with Crippen LogP contribution in [0, 0.1) is 0 Å². The van der Waals surface area contributed by atoms with Crippen LogP contribution in [0.3, 0.4) is 0 Å². The molecule has 0 radical (unpaired) electrons. The van der Waals surface area contributed by atoms with Crippen LogP contribution in [0.25, 0.3) is 5.65 Å². The monoisotopic (exact) mass is 274 g/mol. The number of imidazole rings is 1. The molecule has 0 fully saturated rings. The van der Waals surface area contributed by atoms with Crippen LogP contribution >= 0.6 is 31.9 Å². The van der Waals surface area contributed by atoms with Crippen molar-refractivity contribution in [3.63, 3.8) is 0 Å². The van der Waals surface area contributed by atoms with Crippen LogP contribution in [0.2, 0.25) is 0 Å². The van der Waals surface area contributed by atoms with E-state index in [0.29, 0.717) is 0 Å². The van der Waals surface area contributed by atoms with Crippen LogP contribution < -0.4 is 0 Å². The Hall–Kier alpha value is -0.350. The molecule has 0 unspecified atom stereocenters. The number of fused-ring (bicyclic) bond motifs is 1. The predicted molar refractivity (Wildman–Crippen MR) is 50.6 cm³/mol. The van der Waals surface area contributed by atoms with Crippen LogP contribution in [0.15, 0.2) is 33.6 Å². The Morgan fingerprint density at radius 1 is 1.36 bits per heavy atom. The van der Waals surface area contributed by atoms with Gasteiger partial charge in [-0.15, -0.1) is 0 Å². The number of rotatable bonds is 0. The highest BCUT2D eigenvalue weighted by atomic mass is 79.9. The first-order valence-corrected chi connectivity index (χ1v) is 4.64. The predicted octanol–water partition coefficient (Wildman–Crippen LogP) is 2.86. The fourth-order valence-electron chi connectivity index (χ4n) is 0.926. The Morgan fingerprint density at radius 3 is 3.00 bits per heavy atom. The quantitative estimate of drug-likeness (QED) is 0.723. The van der Waals surface area contributed by atoms with Crippen LogP contribution in [0.1, 0.15) is 0 Å². The second-order valence-electron chi connectivity index (χ2n) is 2.17. The lowest BCUT2D eigenvalue weighted by Crippen LogP contribution is -1.79. The van der Waals surface area contributed by atoms with Crippen LogP contribution in [0.4, 0.5) is 0 Å². The second-order valence-corrected chi connectivity index (χ2v) is 3.90. The zero-order valence-electron chi connectivity index (χ0n) is 5.46. The molecule has 0 aliphatic carbocycles. The molecular formula is C7H4Br2N2.